The van der Waals surface area contributed by atoms with Gasteiger partial charge in [-0.25, -0.2) is 0 Å². The molecular formula is C56H96N10O16. The van der Waals surface area contributed by atoms with Crippen LogP contribution in [0.4, 0.5) is 0 Å². The summed E-state index contributed by atoms with van der Waals surface area (Å²) in [7, 11) is 6.39. The van der Waals surface area contributed by atoms with Gasteiger partial charge in [-0.15, -0.1) is 0 Å². The van der Waals surface area contributed by atoms with E-state index < -0.39 is 74.8 Å². The minimum atomic E-state index is -0.699. The van der Waals surface area contributed by atoms with Gasteiger partial charge < -0.3 is 80.8 Å². The van der Waals surface area contributed by atoms with Crippen molar-refractivity contribution in [2.75, 3.05) is 147 Å². The summed E-state index contributed by atoms with van der Waals surface area (Å²) in [5, 5.41) is 22.1. The van der Waals surface area contributed by atoms with E-state index >= 15 is 0 Å². The van der Waals surface area contributed by atoms with Crippen LogP contribution >= 0.6 is 0 Å². The molecule has 0 saturated heterocycles. The predicted octanol–water partition coefficient (Wildman–Crippen LogP) is 0.421. The largest absolute Gasteiger partial charge is 0.484 e. The molecule has 0 aromatic heterocycles. The second-order valence-electron chi connectivity index (χ2n) is 19.3. The van der Waals surface area contributed by atoms with Gasteiger partial charge >= 0.3 is 0 Å². The highest BCUT2D eigenvalue weighted by Gasteiger charge is 2.23. The zero-order valence-corrected chi connectivity index (χ0v) is 49.4. The van der Waals surface area contributed by atoms with E-state index in [4.69, 9.17) is 28.4 Å². The second-order valence-corrected chi connectivity index (χ2v) is 19.3. The molecule has 466 valence electrons. The molecule has 0 fully saturated rings. The molecule has 26 nitrogen and oxygen atoms in total. The SMILES string of the molecule is CCc1cc(OCC(=O)N(CC(=O)NCCCNC(=O)CCCCOC)CC(=O)NCCCNC(=O)CCCCOC)cc(OCC(=O)N(CC(=O)NCCCNC(=O)CCCCOC)CC(=O)NCCCNC(=O)CCCCOC)c1. The lowest BCUT2D eigenvalue weighted by Crippen LogP contribution is -2.47. The van der Waals surface area contributed by atoms with Crippen LogP contribution in [-0.4, -0.2) is 215 Å². The molecule has 0 heterocycles. The maximum Gasteiger partial charge on any atom is 0.261 e. The molecule has 0 radical (unpaired) electrons. The summed E-state index contributed by atoms with van der Waals surface area (Å²) in [6, 6.07) is 4.76. The van der Waals surface area contributed by atoms with Crippen molar-refractivity contribution in [1.82, 2.24) is 52.3 Å². The topological polar surface area (TPSA) is 329 Å². The van der Waals surface area contributed by atoms with Crippen molar-refractivity contribution < 1.29 is 76.4 Å². The lowest BCUT2D eigenvalue weighted by atomic mass is 10.1. The molecular weight excluding hydrogens is 1070 g/mol. The van der Waals surface area contributed by atoms with Crippen LogP contribution in [0.1, 0.15) is 115 Å². The van der Waals surface area contributed by atoms with E-state index in [1.807, 2.05) is 6.92 Å². The summed E-state index contributed by atoms with van der Waals surface area (Å²) in [6.07, 6.45) is 9.35. The van der Waals surface area contributed by atoms with Crippen molar-refractivity contribution in [2.24, 2.45) is 0 Å². The van der Waals surface area contributed by atoms with Crippen LogP contribution in [0.5, 0.6) is 11.5 Å². The lowest BCUT2D eigenvalue weighted by Gasteiger charge is -2.23. The van der Waals surface area contributed by atoms with Crippen LogP contribution < -0.4 is 52.0 Å². The number of hydrogen-bond donors (Lipinski definition) is 8. The molecule has 10 amide bonds. The fourth-order valence-electron chi connectivity index (χ4n) is 7.51. The maximum atomic E-state index is 13.8. The van der Waals surface area contributed by atoms with Gasteiger partial charge in [0.1, 0.15) is 37.7 Å². The molecule has 1 rings (SSSR count). The van der Waals surface area contributed by atoms with Crippen molar-refractivity contribution in [3.63, 3.8) is 0 Å². The van der Waals surface area contributed by atoms with E-state index in [1.54, 1.807) is 40.6 Å². The van der Waals surface area contributed by atoms with Gasteiger partial charge in [0, 0.05) is 139 Å². The zero-order chi connectivity index (χ0) is 60.4. The molecule has 0 saturated carbocycles. The van der Waals surface area contributed by atoms with E-state index in [0.29, 0.717) is 142 Å². The number of ether oxygens (including phenoxy) is 6. The number of unbranched alkanes of at least 4 members (excludes halogenated alkanes) is 4. The molecule has 0 atom stereocenters. The monoisotopic (exact) mass is 1160 g/mol. The highest BCUT2D eigenvalue weighted by molar-refractivity contribution is 5.91. The van der Waals surface area contributed by atoms with Crippen LogP contribution in [0.2, 0.25) is 0 Å². The minimum Gasteiger partial charge on any atom is -0.484 e. The number of nitrogens with zero attached hydrogens (tertiary/aromatic N) is 2. The maximum absolute atomic E-state index is 13.8. The zero-order valence-electron chi connectivity index (χ0n) is 49.4. The minimum absolute atomic E-state index is 0.113. The highest BCUT2D eigenvalue weighted by Crippen LogP contribution is 2.24. The van der Waals surface area contributed by atoms with Gasteiger partial charge in [0.2, 0.25) is 47.3 Å². The first-order chi connectivity index (χ1) is 39.6. The van der Waals surface area contributed by atoms with Crippen LogP contribution in [0, 0.1) is 0 Å². The molecule has 0 aliphatic heterocycles. The van der Waals surface area contributed by atoms with Gasteiger partial charge in [0.15, 0.2) is 13.2 Å². The Morgan fingerprint density at radius 2 is 0.585 bits per heavy atom. The molecule has 0 aliphatic carbocycles. The Bertz CT molecular complexity index is 1800. The Morgan fingerprint density at radius 3 is 0.817 bits per heavy atom. The summed E-state index contributed by atoms with van der Waals surface area (Å²) in [5.41, 5.74) is 0.702. The van der Waals surface area contributed by atoms with Crippen LogP contribution in [0.15, 0.2) is 18.2 Å². The second kappa shape index (κ2) is 49.0. The standard InChI is InChI=1S/C56H96N10O16/c1-6-44-35-45(81-42-55(75)65(38-51(71)61-27-15-23-57-47(67)19-7-11-31-77-2)39-52(72)62-28-16-24-58-48(68)20-8-12-32-78-3)37-46(36-44)82-43-56(76)66(40-53(73)63-29-17-25-59-49(69)21-9-13-33-79-4)41-54(74)64-30-18-26-60-50(70)22-10-14-34-80-5/h35-37H,6-34,38-43H2,1-5H3,(H,57,67)(H,58,68)(H,59,69)(H,60,70)(H,61,71)(H,62,72)(H,63,73)(H,64,74). The first-order valence-electron chi connectivity index (χ1n) is 28.7. The number of methoxy groups -OCH3 is 4. The van der Waals surface area contributed by atoms with Gasteiger partial charge in [-0.1, -0.05) is 6.92 Å². The molecule has 1 aromatic rings. The van der Waals surface area contributed by atoms with Crippen LogP contribution in [-0.2, 0) is 73.3 Å². The fraction of sp³-hybridized carbons (Fsp3) is 0.714. The average molecular weight is 1170 g/mol. The quantitative estimate of drug-likeness (QED) is 0.0410. The van der Waals surface area contributed by atoms with E-state index in [0.717, 1.165) is 35.5 Å². The van der Waals surface area contributed by atoms with Gasteiger partial charge in [-0.3, -0.25) is 47.9 Å². The first kappa shape index (κ1) is 73.4. The number of carbonyl (C=O) groups excluding carboxylic acids is 10. The fourth-order valence-corrected chi connectivity index (χ4v) is 7.51. The molecule has 0 unspecified atom stereocenters. The third kappa shape index (κ3) is 40.5. The summed E-state index contributed by atoms with van der Waals surface area (Å²) in [4.78, 5) is 131. The summed E-state index contributed by atoms with van der Waals surface area (Å²) < 4.78 is 31.9. The predicted molar refractivity (Wildman–Crippen MR) is 305 cm³/mol. The number of nitrogens with one attached hydrogen (secondary N) is 8. The van der Waals surface area contributed by atoms with Crippen molar-refractivity contribution >= 4 is 59.1 Å². The van der Waals surface area contributed by atoms with Crippen LogP contribution in [0.25, 0.3) is 0 Å². The Balaban J connectivity index is 3.05. The Hall–Kier alpha value is -6.64. The van der Waals surface area contributed by atoms with Crippen molar-refractivity contribution in [2.45, 2.75) is 116 Å². The summed E-state index contributed by atoms with van der Waals surface area (Å²) >= 11 is 0. The van der Waals surface area contributed by atoms with Gasteiger partial charge in [-0.2, -0.15) is 0 Å². The van der Waals surface area contributed by atoms with Crippen molar-refractivity contribution in [1.29, 1.82) is 0 Å². The summed E-state index contributed by atoms with van der Waals surface area (Å²) in [6.45, 7) is 3.05. The molecule has 26 heteroatoms. The number of carbonyl (C=O) groups is 10. The third-order valence-corrected chi connectivity index (χ3v) is 12.1. The van der Waals surface area contributed by atoms with Gasteiger partial charge in [0.25, 0.3) is 11.8 Å². The van der Waals surface area contributed by atoms with Gasteiger partial charge in [0.05, 0.1) is 0 Å². The van der Waals surface area contributed by atoms with Gasteiger partial charge in [-0.05, 0) is 101 Å². The molecule has 0 spiro atoms. The summed E-state index contributed by atoms with van der Waals surface area (Å²) in [5.74, 6) is -3.70. The number of amides is 10. The highest BCUT2D eigenvalue weighted by atomic mass is 16.5. The van der Waals surface area contributed by atoms with Crippen molar-refractivity contribution in [3.8, 4) is 11.5 Å². The molecule has 82 heavy (non-hydrogen) atoms. The average Bonchev–Trinajstić information content (AvgIpc) is 3.49. The number of benzene rings is 1. The molecule has 0 aliphatic rings. The number of rotatable bonds is 51. The third-order valence-electron chi connectivity index (χ3n) is 12.1. The molecule has 8 N–H and O–H groups in total. The Labute approximate surface area is 484 Å². The molecule has 0 bridgehead atoms. The van der Waals surface area contributed by atoms with E-state index in [9.17, 15) is 47.9 Å². The van der Waals surface area contributed by atoms with E-state index in [-0.39, 0.29) is 61.3 Å². The number of aryl methyl sites for hydroxylation is 1. The molecule has 1 aromatic carbocycles. The van der Waals surface area contributed by atoms with E-state index in [1.165, 1.54) is 6.07 Å². The first-order valence-corrected chi connectivity index (χ1v) is 28.7. The Morgan fingerprint density at radius 1 is 0.341 bits per heavy atom. The lowest BCUT2D eigenvalue weighted by molar-refractivity contribution is -0.140. The van der Waals surface area contributed by atoms with Crippen LogP contribution in [0.3, 0.4) is 0 Å². The van der Waals surface area contributed by atoms with Crippen molar-refractivity contribution in [3.05, 3.63) is 23.8 Å². The number of hydrogen-bond acceptors (Lipinski definition) is 16. The van der Waals surface area contributed by atoms with E-state index in [2.05, 4.69) is 42.5 Å². The normalized spacial score (nSPS) is 10.7. The smallest absolute Gasteiger partial charge is 0.261 e. The Kier molecular flexibility index (Phi) is 43.9.